The molecule has 1 aromatic carbocycles. The summed E-state index contributed by atoms with van der Waals surface area (Å²) in [5, 5.41) is 4.43. The molecule has 1 saturated carbocycles. The number of anilines is 1. The van der Waals surface area contributed by atoms with Crippen LogP contribution in [0, 0.1) is 11.8 Å². The second kappa shape index (κ2) is 5.09. The molecular formula is C14H20ClN. The number of halogens is 1. The van der Waals surface area contributed by atoms with Crippen LogP contribution in [0.4, 0.5) is 5.69 Å². The zero-order valence-corrected chi connectivity index (χ0v) is 10.8. The third-order valence-corrected chi connectivity index (χ3v) is 4.16. The molecule has 0 amide bonds. The zero-order chi connectivity index (χ0) is 11.5. The van der Waals surface area contributed by atoms with Crippen LogP contribution in [0.25, 0.3) is 0 Å². The third kappa shape index (κ3) is 2.70. The molecule has 0 aromatic heterocycles. The van der Waals surface area contributed by atoms with E-state index in [1.54, 1.807) is 0 Å². The Morgan fingerprint density at radius 3 is 2.50 bits per heavy atom. The molecule has 1 nitrogen and oxygen atoms in total. The summed E-state index contributed by atoms with van der Waals surface area (Å²) in [4.78, 5) is 0. The fourth-order valence-corrected chi connectivity index (χ4v) is 2.67. The van der Waals surface area contributed by atoms with Gasteiger partial charge in [-0.25, -0.2) is 0 Å². The predicted molar refractivity (Wildman–Crippen MR) is 71.0 cm³/mol. The van der Waals surface area contributed by atoms with Crippen LogP contribution in [0.1, 0.15) is 33.1 Å². The molecule has 88 valence electrons. The Morgan fingerprint density at radius 2 is 1.81 bits per heavy atom. The largest absolute Gasteiger partial charge is 0.382 e. The average Bonchev–Trinajstić information content (AvgIpc) is 2.28. The van der Waals surface area contributed by atoms with Crippen molar-refractivity contribution in [3.8, 4) is 0 Å². The normalized spacial score (nSPS) is 30.1. The summed E-state index contributed by atoms with van der Waals surface area (Å²) in [6, 6.07) is 8.63. The van der Waals surface area contributed by atoms with E-state index in [-0.39, 0.29) is 0 Å². The molecule has 1 aliphatic rings. The minimum Gasteiger partial charge on any atom is -0.382 e. The maximum atomic E-state index is 5.88. The van der Waals surface area contributed by atoms with Gasteiger partial charge in [0.2, 0.25) is 0 Å². The van der Waals surface area contributed by atoms with Gasteiger partial charge in [-0.15, -0.1) is 0 Å². The van der Waals surface area contributed by atoms with Crippen molar-refractivity contribution < 1.29 is 0 Å². The third-order valence-electron chi connectivity index (χ3n) is 3.90. The molecule has 3 atom stereocenters. The molecule has 0 radical (unpaired) electrons. The van der Waals surface area contributed by atoms with Crippen LogP contribution in [0.15, 0.2) is 24.3 Å². The maximum absolute atomic E-state index is 5.88. The van der Waals surface area contributed by atoms with E-state index < -0.39 is 0 Å². The number of rotatable bonds is 2. The van der Waals surface area contributed by atoms with Crippen molar-refractivity contribution in [1.29, 1.82) is 0 Å². The van der Waals surface area contributed by atoms with E-state index >= 15 is 0 Å². The van der Waals surface area contributed by atoms with E-state index in [1.807, 2.05) is 12.1 Å². The Morgan fingerprint density at radius 1 is 1.12 bits per heavy atom. The van der Waals surface area contributed by atoms with Gasteiger partial charge < -0.3 is 5.32 Å². The molecule has 1 aliphatic carbocycles. The van der Waals surface area contributed by atoms with E-state index in [4.69, 9.17) is 11.6 Å². The second-order valence-electron chi connectivity index (χ2n) is 5.03. The molecule has 2 heteroatoms. The Hall–Kier alpha value is -0.690. The lowest BCUT2D eigenvalue weighted by molar-refractivity contribution is 0.253. The van der Waals surface area contributed by atoms with E-state index in [0.717, 1.165) is 16.9 Å². The van der Waals surface area contributed by atoms with Gasteiger partial charge in [0, 0.05) is 16.8 Å². The Balaban J connectivity index is 2.00. The van der Waals surface area contributed by atoms with Crippen molar-refractivity contribution in [3.05, 3.63) is 29.3 Å². The smallest absolute Gasteiger partial charge is 0.0407 e. The van der Waals surface area contributed by atoms with Crippen molar-refractivity contribution >= 4 is 17.3 Å². The van der Waals surface area contributed by atoms with Gasteiger partial charge in [0.05, 0.1) is 0 Å². The van der Waals surface area contributed by atoms with Crippen LogP contribution in [-0.4, -0.2) is 6.04 Å². The van der Waals surface area contributed by atoms with Crippen LogP contribution in [0.2, 0.25) is 5.02 Å². The highest BCUT2D eigenvalue weighted by atomic mass is 35.5. The summed E-state index contributed by atoms with van der Waals surface area (Å²) in [5.41, 5.74) is 1.19. The summed E-state index contributed by atoms with van der Waals surface area (Å²) in [6.07, 6.45) is 4.00. The number of hydrogen-bond donors (Lipinski definition) is 1. The SMILES string of the molecule is CC1CCCC(Nc2ccc(Cl)cc2)C1C. The highest BCUT2D eigenvalue weighted by Gasteiger charge is 2.26. The molecule has 1 fully saturated rings. The van der Waals surface area contributed by atoms with Crippen LogP contribution in [-0.2, 0) is 0 Å². The van der Waals surface area contributed by atoms with Gasteiger partial charge in [0.1, 0.15) is 0 Å². The van der Waals surface area contributed by atoms with Gasteiger partial charge in [-0.3, -0.25) is 0 Å². The van der Waals surface area contributed by atoms with Crippen molar-refractivity contribution in [2.75, 3.05) is 5.32 Å². The van der Waals surface area contributed by atoms with Crippen molar-refractivity contribution in [3.63, 3.8) is 0 Å². The maximum Gasteiger partial charge on any atom is 0.0407 e. The molecule has 1 N–H and O–H groups in total. The Kier molecular flexibility index (Phi) is 3.75. The summed E-state index contributed by atoms with van der Waals surface area (Å²) < 4.78 is 0. The lowest BCUT2D eigenvalue weighted by atomic mass is 9.78. The van der Waals surface area contributed by atoms with Crippen LogP contribution in [0.5, 0.6) is 0 Å². The number of hydrogen-bond acceptors (Lipinski definition) is 1. The highest BCUT2D eigenvalue weighted by Crippen LogP contribution is 2.31. The Labute approximate surface area is 103 Å². The summed E-state index contributed by atoms with van der Waals surface area (Å²) in [5.74, 6) is 1.59. The van der Waals surface area contributed by atoms with Gasteiger partial charge in [-0.1, -0.05) is 38.3 Å². The molecule has 0 aliphatic heterocycles. The number of benzene rings is 1. The summed E-state index contributed by atoms with van der Waals surface area (Å²) >= 11 is 5.88. The lowest BCUT2D eigenvalue weighted by Crippen LogP contribution is -2.34. The van der Waals surface area contributed by atoms with Crippen LogP contribution in [0.3, 0.4) is 0 Å². The van der Waals surface area contributed by atoms with Gasteiger partial charge in [0.15, 0.2) is 0 Å². The van der Waals surface area contributed by atoms with E-state index in [2.05, 4.69) is 31.3 Å². The second-order valence-corrected chi connectivity index (χ2v) is 5.46. The average molecular weight is 238 g/mol. The highest BCUT2D eigenvalue weighted by molar-refractivity contribution is 6.30. The standard InChI is InChI=1S/C14H20ClN/c1-10-4-3-5-14(11(10)2)16-13-8-6-12(15)7-9-13/h6-11,14,16H,3-5H2,1-2H3. The van der Waals surface area contributed by atoms with Crippen LogP contribution < -0.4 is 5.32 Å². The van der Waals surface area contributed by atoms with Gasteiger partial charge >= 0.3 is 0 Å². The van der Waals surface area contributed by atoms with Gasteiger partial charge in [-0.2, -0.15) is 0 Å². The minimum absolute atomic E-state index is 0.616. The minimum atomic E-state index is 0.616. The van der Waals surface area contributed by atoms with Crippen molar-refractivity contribution in [2.24, 2.45) is 11.8 Å². The molecule has 0 saturated heterocycles. The molecule has 1 aromatic rings. The Bertz CT molecular complexity index is 333. The first-order chi connectivity index (χ1) is 7.66. The van der Waals surface area contributed by atoms with Crippen molar-refractivity contribution in [1.82, 2.24) is 0 Å². The monoisotopic (exact) mass is 237 g/mol. The number of nitrogens with one attached hydrogen (secondary N) is 1. The molecular weight excluding hydrogens is 218 g/mol. The topological polar surface area (TPSA) is 12.0 Å². The first-order valence-electron chi connectivity index (χ1n) is 6.19. The van der Waals surface area contributed by atoms with E-state index in [0.29, 0.717) is 6.04 Å². The first-order valence-corrected chi connectivity index (χ1v) is 6.56. The van der Waals surface area contributed by atoms with Gasteiger partial charge in [-0.05, 0) is 42.5 Å². The molecule has 16 heavy (non-hydrogen) atoms. The predicted octanol–water partition coefficient (Wildman–Crippen LogP) is 4.58. The summed E-state index contributed by atoms with van der Waals surface area (Å²) in [6.45, 7) is 4.72. The molecule has 2 rings (SSSR count). The first kappa shape index (κ1) is 11.8. The lowest BCUT2D eigenvalue weighted by Gasteiger charge is -2.35. The fourth-order valence-electron chi connectivity index (χ4n) is 2.55. The molecule has 0 heterocycles. The quantitative estimate of drug-likeness (QED) is 0.794. The van der Waals surface area contributed by atoms with Crippen molar-refractivity contribution in [2.45, 2.75) is 39.2 Å². The zero-order valence-electron chi connectivity index (χ0n) is 10.0. The van der Waals surface area contributed by atoms with E-state index in [1.165, 1.54) is 24.9 Å². The van der Waals surface area contributed by atoms with E-state index in [9.17, 15) is 0 Å². The molecule has 0 spiro atoms. The molecule has 3 unspecified atom stereocenters. The fraction of sp³-hybridized carbons (Fsp3) is 0.571. The molecule has 0 bridgehead atoms. The van der Waals surface area contributed by atoms with Crippen LogP contribution >= 0.6 is 11.6 Å². The summed E-state index contributed by atoms with van der Waals surface area (Å²) in [7, 11) is 0. The van der Waals surface area contributed by atoms with Gasteiger partial charge in [0.25, 0.3) is 0 Å².